The number of benzene rings is 2. The van der Waals surface area contributed by atoms with Crippen molar-refractivity contribution < 1.29 is 9.59 Å². The van der Waals surface area contributed by atoms with E-state index in [0.29, 0.717) is 22.8 Å². The van der Waals surface area contributed by atoms with Gasteiger partial charge in [0, 0.05) is 37.2 Å². The van der Waals surface area contributed by atoms with Crippen LogP contribution in [0, 0.1) is 6.92 Å². The van der Waals surface area contributed by atoms with Crippen LogP contribution >= 0.6 is 0 Å². The predicted molar refractivity (Wildman–Crippen MR) is 126 cm³/mol. The van der Waals surface area contributed by atoms with Crippen LogP contribution in [0.15, 0.2) is 71.9 Å². The molecule has 0 saturated carbocycles. The van der Waals surface area contributed by atoms with Crippen LogP contribution in [0.3, 0.4) is 0 Å². The number of urea groups is 1. The average Bonchev–Trinajstić information content (AvgIpc) is 2.91. The van der Waals surface area contributed by atoms with Crippen molar-refractivity contribution in [2.75, 3.05) is 29.6 Å². The molecule has 0 fully saturated rings. The number of anilines is 3. The van der Waals surface area contributed by atoms with Gasteiger partial charge in [-0.25, -0.2) is 9.79 Å². The molecular weight excluding hydrogens is 404 g/mol. The zero-order valence-electron chi connectivity index (χ0n) is 18.1. The molecule has 4 rings (SSSR count). The van der Waals surface area contributed by atoms with Crippen molar-refractivity contribution >= 4 is 34.7 Å². The summed E-state index contributed by atoms with van der Waals surface area (Å²) >= 11 is 0. The number of benzodiazepines with no additional fused rings is 1. The van der Waals surface area contributed by atoms with Crippen LogP contribution in [0.4, 0.5) is 21.9 Å². The standard InChI is InChI=1S/C24H24N6O2/c1-15-11-12-16(14-19(15)25-2)27-24(32)29-22-23(31)30(3)20-10-5-4-8-17(20)21(28-22)18-9-6-7-13-26-18/h4-14,22,25H,1-3H3,(H2,27,29,32)/t22-/m0/s1. The Morgan fingerprint density at radius 2 is 1.84 bits per heavy atom. The Kier molecular flexibility index (Phi) is 5.85. The highest BCUT2D eigenvalue weighted by Gasteiger charge is 2.31. The lowest BCUT2D eigenvalue weighted by molar-refractivity contribution is -0.119. The normalized spacial score (nSPS) is 15.3. The van der Waals surface area contributed by atoms with Crippen LogP contribution in [0.2, 0.25) is 0 Å². The summed E-state index contributed by atoms with van der Waals surface area (Å²) in [7, 11) is 3.49. The number of pyridine rings is 1. The number of aliphatic imine (C=N–C) groups is 1. The Morgan fingerprint density at radius 1 is 1.06 bits per heavy atom. The lowest BCUT2D eigenvalue weighted by Crippen LogP contribution is -2.47. The van der Waals surface area contributed by atoms with Crippen LogP contribution in [-0.2, 0) is 4.79 Å². The minimum absolute atomic E-state index is 0.349. The molecule has 1 aromatic heterocycles. The summed E-state index contributed by atoms with van der Waals surface area (Å²) in [5, 5.41) is 8.56. The van der Waals surface area contributed by atoms with Gasteiger partial charge in [0.25, 0.3) is 5.91 Å². The largest absolute Gasteiger partial charge is 0.388 e. The van der Waals surface area contributed by atoms with Gasteiger partial charge in [-0.2, -0.15) is 0 Å². The summed E-state index contributed by atoms with van der Waals surface area (Å²) in [4.78, 5) is 36.4. The minimum atomic E-state index is -1.11. The molecule has 8 heteroatoms. The number of aryl methyl sites for hydroxylation is 1. The molecule has 8 nitrogen and oxygen atoms in total. The Morgan fingerprint density at radius 3 is 2.59 bits per heavy atom. The van der Waals surface area contributed by atoms with Crippen molar-refractivity contribution in [3.05, 3.63) is 83.7 Å². The summed E-state index contributed by atoms with van der Waals surface area (Å²) in [6.45, 7) is 1.97. The number of carbonyl (C=O) groups excluding carboxylic acids is 2. The molecule has 3 amide bonds. The van der Waals surface area contributed by atoms with E-state index in [-0.39, 0.29) is 5.91 Å². The second-order valence-corrected chi connectivity index (χ2v) is 7.39. The van der Waals surface area contributed by atoms with Crippen molar-refractivity contribution in [1.29, 1.82) is 0 Å². The Balaban J connectivity index is 1.66. The van der Waals surface area contributed by atoms with Crippen LogP contribution in [-0.4, -0.2) is 42.9 Å². The number of para-hydroxylation sites is 1. The lowest BCUT2D eigenvalue weighted by Gasteiger charge is -2.21. The number of aromatic nitrogens is 1. The quantitative estimate of drug-likeness (QED) is 0.593. The fraction of sp³-hybridized carbons (Fsp3) is 0.167. The number of hydrogen-bond acceptors (Lipinski definition) is 5. The van der Waals surface area contributed by atoms with Crippen molar-refractivity contribution in [3.8, 4) is 0 Å². The second kappa shape index (κ2) is 8.89. The number of nitrogens with zero attached hydrogens (tertiary/aromatic N) is 3. The fourth-order valence-corrected chi connectivity index (χ4v) is 3.58. The van der Waals surface area contributed by atoms with E-state index in [4.69, 9.17) is 0 Å². The lowest BCUT2D eigenvalue weighted by atomic mass is 10.0. The van der Waals surface area contributed by atoms with E-state index in [9.17, 15) is 9.59 Å². The number of fused-ring (bicyclic) bond motifs is 1. The minimum Gasteiger partial charge on any atom is -0.388 e. The van der Waals surface area contributed by atoms with Crippen LogP contribution in [0.1, 0.15) is 16.8 Å². The van der Waals surface area contributed by atoms with Crippen molar-refractivity contribution in [2.24, 2.45) is 4.99 Å². The van der Waals surface area contributed by atoms with Gasteiger partial charge in [-0.15, -0.1) is 0 Å². The summed E-state index contributed by atoms with van der Waals surface area (Å²) < 4.78 is 0. The molecule has 3 aromatic rings. The van der Waals surface area contributed by atoms with Crippen molar-refractivity contribution in [2.45, 2.75) is 13.1 Å². The molecule has 0 saturated heterocycles. The summed E-state index contributed by atoms with van der Waals surface area (Å²) in [6.07, 6.45) is 0.557. The molecule has 0 unspecified atom stereocenters. The zero-order valence-corrected chi connectivity index (χ0v) is 18.1. The van der Waals surface area contributed by atoms with E-state index >= 15 is 0 Å². The van der Waals surface area contributed by atoms with Crippen LogP contribution in [0.25, 0.3) is 0 Å². The first-order valence-electron chi connectivity index (χ1n) is 10.2. The van der Waals surface area contributed by atoms with Gasteiger partial charge in [0.05, 0.1) is 17.1 Å². The number of likely N-dealkylation sites (N-methyl/N-ethyl adjacent to an activating group) is 1. The highest BCUT2D eigenvalue weighted by Crippen LogP contribution is 2.26. The van der Waals surface area contributed by atoms with Crippen molar-refractivity contribution in [1.82, 2.24) is 10.3 Å². The molecule has 0 bridgehead atoms. The van der Waals surface area contributed by atoms with Gasteiger partial charge in [0.1, 0.15) is 0 Å². The third-order valence-electron chi connectivity index (χ3n) is 5.28. The number of carbonyl (C=O) groups is 2. The van der Waals surface area contributed by atoms with Gasteiger partial charge in [-0.3, -0.25) is 9.78 Å². The molecular formula is C24H24N6O2. The van der Waals surface area contributed by atoms with E-state index < -0.39 is 12.2 Å². The smallest absolute Gasteiger partial charge is 0.321 e. The summed E-state index contributed by atoms with van der Waals surface area (Å²) in [6, 6.07) is 18.0. The molecule has 0 aliphatic carbocycles. The van der Waals surface area contributed by atoms with E-state index in [1.165, 1.54) is 4.90 Å². The van der Waals surface area contributed by atoms with Gasteiger partial charge < -0.3 is 20.9 Å². The Hall–Kier alpha value is -4.20. The molecule has 0 radical (unpaired) electrons. The molecule has 32 heavy (non-hydrogen) atoms. The fourth-order valence-electron chi connectivity index (χ4n) is 3.58. The predicted octanol–water partition coefficient (Wildman–Crippen LogP) is 3.39. The Labute approximate surface area is 186 Å². The molecule has 1 atom stereocenters. The molecule has 2 aromatic carbocycles. The monoisotopic (exact) mass is 428 g/mol. The summed E-state index contributed by atoms with van der Waals surface area (Å²) in [5.74, 6) is -0.349. The van der Waals surface area contributed by atoms with Gasteiger partial charge in [0.15, 0.2) is 0 Å². The molecule has 1 aliphatic rings. The molecule has 3 N–H and O–H groups in total. The first kappa shape index (κ1) is 21.0. The zero-order chi connectivity index (χ0) is 22.7. The SMILES string of the molecule is CNc1cc(NC(=O)N[C@@H]2N=C(c3ccccn3)c3ccccc3N(C)C2=O)ccc1C. The maximum atomic E-state index is 13.2. The highest BCUT2D eigenvalue weighted by atomic mass is 16.2. The van der Waals surface area contributed by atoms with Crippen LogP contribution < -0.4 is 20.9 Å². The Bertz CT molecular complexity index is 1190. The van der Waals surface area contributed by atoms with Gasteiger partial charge in [0.2, 0.25) is 6.17 Å². The van der Waals surface area contributed by atoms with Gasteiger partial charge >= 0.3 is 6.03 Å². The topological polar surface area (TPSA) is 98.7 Å². The van der Waals surface area contributed by atoms with E-state index in [1.807, 2.05) is 68.6 Å². The van der Waals surface area contributed by atoms with Gasteiger partial charge in [-0.05, 0) is 42.8 Å². The number of amides is 3. The molecule has 162 valence electrons. The maximum Gasteiger partial charge on any atom is 0.321 e. The van der Waals surface area contributed by atoms with Crippen LogP contribution in [0.5, 0.6) is 0 Å². The third kappa shape index (κ3) is 4.15. The first-order chi connectivity index (χ1) is 15.5. The average molecular weight is 428 g/mol. The van der Waals surface area contributed by atoms with E-state index in [2.05, 4.69) is 25.9 Å². The maximum absolute atomic E-state index is 13.2. The van der Waals surface area contributed by atoms with E-state index in [1.54, 1.807) is 19.3 Å². The molecule has 1 aliphatic heterocycles. The number of hydrogen-bond donors (Lipinski definition) is 3. The summed E-state index contributed by atoms with van der Waals surface area (Å²) in [5.41, 5.74) is 5.18. The second-order valence-electron chi connectivity index (χ2n) is 7.39. The highest BCUT2D eigenvalue weighted by molar-refractivity contribution is 6.19. The molecule has 0 spiro atoms. The third-order valence-corrected chi connectivity index (χ3v) is 5.28. The number of rotatable bonds is 4. The van der Waals surface area contributed by atoms with E-state index in [0.717, 1.165) is 16.8 Å². The van der Waals surface area contributed by atoms with Gasteiger partial charge in [-0.1, -0.05) is 30.3 Å². The van der Waals surface area contributed by atoms with Crippen molar-refractivity contribution in [3.63, 3.8) is 0 Å². The molecule has 2 heterocycles. The first-order valence-corrected chi connectivity index (χ1v) is 10.2. The number of nitrogens with one attached hydrogen (secondary N) is 3.